The first-order valence-electron chi connectivity index (χ1n) is 10.0. The van der Waals surface area contributed by atoms with E-state index in [2.05, 4.69) is 25.8 Å². The fraction of sp³-hybridized carbons (Fsp3) is 0.286. The van der Waals surface area contributed by atoms with Crippen LogP contribution in [0, 0.1) is 0 Å². The van der Waals surface area contributed by atoms with Crippen molar-refractivity contribution in [2.45, 2.75) is 12.5 Å². The molecule has 4 aromatic rings. The molecule has 0 unspecified atom stereocenters. The molecule has 0 spiro atoms. The molecule has 0 aromatic carbocycles. The maximum Gasteiger partial charge on any atom is 0.252 e. The van der Waals surface area contributed by atoms with Gasteiger partial charge in [0.1, 0.15) is 5.82 Å². The highest BCUT2D eigenvalue weighted by atomic mass is 16.5. The Hall–Kier alpha value is -3.79. The lowest BCUT2D eigenvalue weighted by atomic mass is 10.1. The lowest BCUT2D eigenvalue weighted by Crippen LogP contribution is -2.20. The van der Waals surface area contributed by atoms with E-state index >= 15 is 0 Å². The Bertz CT molecular complexity index is 1260. The van der Waals surface area contributed by atoms with Gasteiger partial charge in [-0.15, -0.1) is 0 Å². The smallest absolute Gasteiger partial charge is 0.252 e. The van der Waals surface area contributed by atoms with E-state index in [0.717, 1.165) is 41.2 Å². The molecule has 4 aromatic heterocycles. The molecule has 1 aliphatic rings. The number of hydrogen-bond acceptors (Lipinski definition) is 7. The Labute approximate surface area is 178 Å². The van der Waals surface area contributed by atoms with Gasteiger partial charge in [-0.2, -0.15) is 10.2 Å². The summed E-state index contributed by atoms with van der Waals surface area (Å²) in [4.78, 5) is 21.2. The summed E-state index contributed by atoms with van der Waals surface area (Å²) < 4.78 is 9.00. The van der Waals surface area contributed by atoms with Crippen molar-refractivity contribution in [3.63, 3.8) is 0 Å². The number of nitrogens with zero attached hydrogens (tertiary/aromatic N) is 6. The van der Waals surface area contributed by atoms with E-state index in [1.54, 1.807) is 34.7 Å². The molecule has 158 valence electrons. The minimum Gasteiger partial charge on any atom is -0.379 e. The van der Waals surface area contributed by atoms with Crippen LogP contribution in [0.3, 0.4) is 0 Å². The van der Waals surface area contributed by atoms with Gasteiger partial charge in [0.15, 0.2) is 5.65 Å². The molecule has 1 amide bonds. The van der Waals surface area contributed by atoms with Crippen molar-refractivity contribution in [1.29, 1.82) is 0 Å². The Balaban J connectivity index is 1.63. The number of hydrogen-bond donors (Lipinski definition) is 2. The Morgan fingerprint density at radius 2 is 2.16 bits per heavy atom. The quantitative estimate of drug-likeness (QED) is 0.508. The lowest BCUT2D eigenvalue weighted by molar-refractivity contribution is 0.0962. The topological polar surface area (TPSA) is 111 Å². The zero-order chi connectivity index (χ0) is 21.4. The van der Waals surface area contributed by atoms with E-state index in [1.807, 2.05) is 25.5 Å². The fourth-order valence-electron chi connectivity index (χ4n) is 3.67. The number of carbonyl (C=O) groups excluding carboxylic acids is 1. The highest BCUT2D eigenvalue weighted by Gasteiger charge is 2.21. The largest absolute Gasteiger partial charge is 0.379 e. The number of nitrogens with one attached hydrogen (secondary N) is 2. The van der Waals surface area contributed by atoms with E-state index < -0.39 is 0 Å². The first-order chi connectivity index (χ1) is 15.1. The number of fused-ring (bicyclic) bond motifs is 1. The van der Waals surface area contributed by atoms with Gasteiger partial charge < -0.3 is 15.4 Å². The highest BCUT2D eigenvalue weighted by Crippen LogP contribution is 2.31. The second-order valence-corrected chi connectivity index (χ2v) is 7.45. The zero-order valence-corrected chi connectivity index (χ0v) is 17.2. The van der Waals surface area contributed by atoms with Gasteiger partial charge in [0, 0.05) is 56.6 Å². The molecule has 31 heavy (non-hydrogen) atoms. The molecule has 5 rings (SSSR count). The van der Waals surface area contributed by atoms with Crippen molar-refractivity contribution >= 4 is 17.4 Å². The van der Waals surface area contributed by atoms with Crippen LogP contribution >= 0.6 is 0 Å². The van der Waals surface area contributed by atoms with Crippen molar-refractivity contribution in [3.05, 3.63) is 48.7 Å². The molecule has 1 saturated heterocycles. The third kappa shape index (κ3) is 3.61. The van der Waals surface area contributed by atoms with Gasteiger partial charge in [0.25, 0.3) is 5.91 Å². The van der Waals surface area contributed by atoms with E-state index in [9.17, 15) is 4.79 Å². The monoisotopic (exact) mass is 418 g/mol. The first kappa shape index (κ1) is 19.2. The minimum absolute atomic E-state index is 0.182. The van der Waals surface area contributed by atoms with Crippen LogP contribution in [0.4, 0.5) is 5.82 Å². The molecule has 0 saturated carbocycles. The number of aryl methyl sites for hydroxylation is 1. The molecule has 2 N–H and O–H groups in total. The van der Waals surface area contributed by atoms with E-state index in [4.69, 9.17) is 9.72 Å². The van der Waals surface area contributed by atoms with Crippen molar-refractivity contribution in [2.24, 2.45) is 7.05 Å². The third-order valence-electron chi connectivity index (χ3n) is 5.29. The van der Waals surface area contributed by atoms with Crippen molar-refractivity contribution in [3.8, 4) is 22.4 Å². The first-order valence-corrected chi connectivity index (χ1v) is 10.0. The Morgan fingerprint density at radius 3 is 2.90 bits per heavy atom. The maximum atomic E-state index is 12.0. The number of ether oxygens (including phenoxy) is 1. The molecular formula is C21H22N8O2. The molecule has 1 fully saturated rings. The number of carbonyl (C=O) groups is 1. The average molecular weight is 418 g/mol. The number of pyridine rings is 1. The molecule has 5 heterocycles. The number of rotatable bonds is 5. The summed E-state index contributed by atoms with van der Waals surface area (Å²) in [6.45, 7) is 1.37. The fourth-order valence-corrected chi connectivity index (χ4v) is 3.67. The molecule has 0 bridgehead atoms. The molecule has 10 nitrogen and oxygen atoms in total. The van der Waals surface area contributed by atoms with Crippen molar-refractivity contribution < 1.29 is 9.53 Å². The zero-order valence-electron chi connectivity index (χ0n) is 17.2. The minimum atomic E-state index is -0.195. The third-order valence-corrected chi connectivity index (χ3v) is 5.29. The van der Waals surface area contributed by atoms with Gasteiger partial charge in [-0.1, -0.05) is 0 Å². The van der Waals surface area contributed by atoms with Crippen LogP contribution in [0.25, 0.3) is 28.0 Å². The van der Waals surface area contributed by atoms with Gasteiger partial charge in [-0.3, -0.25) is 14.5 Å². The SMILES string of the molecule is CNC(=O)c1cncc(-c2cnn3cc(-c4ccn(C)n4)c(N[C@H]4CCOC4)nc23)c1. The predicted molar refractivity (Wildman–Crippen MR) is 115 cm³/mol. The Morgan fingerprint density at radius 1 is 1.26 bits per heavy atom. The van der Waals surface area contributed by atoms with Crippen molar-refractivity contribution in [1.82, 2.24) is 34.7 Å². The van der Waals surface area contributed by atoms with Crippen LogP contribution in [0.5, 0.6) is 0 Å². The van der Waals surface area contributed by atoms with Crippen LogP contribution in [0.1, 0.15) is 16.8 Å². The van der Waals surface area contributed by atoms with Gasteiger partial charge in [0.05, 0.1) is 35.7 Å². The van der Waals surface area contributed by atoms with Gasteiger partial charge in [0.2, 0.25) is 0 Å². The summed E-state index contributed by atoms with van der Waals surface area (Å²) in [6.07, 6.45) is 9.70. The highest BCUT2D eigenvalue weighted by molar-refractivity contribution is 5.95. The lowest BCUT2D eigenvalue weighted by Gasteiger charge is -2.15. The summed E-state index contributed by atoms with van der Waals surface area (Å²) >= 11 is 0. The van der Waals surface area contributed by atoms with Gasteiger partial charge >= 0.3 is 0 Å². The number of amides is 1. The summed E-state index contributed by atoms with van der Waals surface area (Å²) in [5.41, 5.74) is 4.36. The summed E-state index contributed by atoms with van der Waals surface area (Å²) in [5.74, 6) is 0.527. The van der Waals surface area contributed by atoms with Crippen LogP contribution in [-0.2, 0) is 11.8 Å². The van der Waals surface area contributed by atoms with Crippen LogP contribution < -0.4 is 10.6 Å². The number of anilines is 1. The second-order valence-electron chi connectivity index (χ2n) is 7.45. The average Bonchev–Trinajstić information content (AvgIpc) is 3.54. The van der Waals surface area contributed by atoms with E-state index in [1.165, 1.54) is 6.20 Å². The molecule has 1 atom stereocenters. The van der Waals surface area contributed by atoms with E-state index in [0.29, 0.717) is 17.8 Å². The van der Waals surface area contributed by atoms with Crippen molar-refractivity contribution in [2.75, 3.05) is 25.6 Å². The van der Waals surface area contributed by atoms with Gasteiger partial charge in [-0.05, 0) is 18.6 Å². The predicted octanol–water partition coefficient (Wildman–Crippen LogP) is 1.75. The summed E-state index contributed by atoms with van der Waals surface area (Å²) in [7, 11) is 3.47. The summed E-state index contributed by atoms with van der Waals surface area (Å²) in [5, 5.41) is 15.2. The molecular weight excluding hydrogens is 396 g/mol. The van der Waals surface area contributed by atoms with E-state index in [-0.39, 0.29) is 11.9 Å². The molecule has 10 heteroatoms. The summed E-state index contributed by atoms with van der Waals surface area (Å²) in [6, 6.07) is 3.91. The standard InChI is InChI=1S/C21H22N8O2/c1-22-21(30)14-7-13(8-23-9-14)16-10-24-29-11-17(18-3-5-28(2)27-18)19(26-20(16)29)25-15-4-6-31-12-15/h3,5,7-11,15H,4,6,12H2,1-2H3,(H,22,30)(H,25,26)/t15-/m0/s1. The molecule has 0 aliphatic carbocycles. The number of aromatic nitrogens is 6. The second kappa shape index (κ2) is 7.80. The van der Waals surface area contributed by atoms with Crippen LogP contribution in [-0.4, -0.2) is 61.6 Å². The molecule has 1 aliphatic heterocycles. The Kier molecular flexibility index (Phi) is 4.83. The molecule has 0 radical (unpaired) electrons. The van der Waals surface area contributed by atoms with Crippen LogP contribution in [0.15, 0.2) is 43.1 Å². The van der Waals surface area contributed by atoms with Gasteiger partial charge in [-0.25, -0.2) is 9.50 Å². The van der Waals surface area contributed by atoms with Crippen LogP contribution in [0.2, 0.25) is 0 Å². The maximum absolute atomic E-state index is 12.0. The normalized spacial score (nSPS) is 16.0.